The van der Waals surface area contributed by atoms with Crippen molar-refractivity contribution in [3.05, 3.63) is 36.5 Å². The Morgan fingerprint density at radius 1 is 0.329 bits per heavy atom. The minimum atomic E-state index is -0.847. The van der Waals surface area contributed by atoms with Crippen LogP contribution >= 0.6 is 0 Å². The van der Waals surface area contributed by atoms with Gasteiger partial charge in [-0.15, -0.1) is 0 Å². The molecule has 0 saturated heterocycles. The predicted molar refractivity (Wildman–Crippen MR) is 361 cm³/mol. The minimum absolute atomic E-state index is 0.0113. The van der Waals surface area contributed by atoms with Crippen molar-refractivity contribution < 1.29 is 24.5 Å². The van der Waals surface area contributed by atoms with Gasteiger partial charge in [-0.3, -0.25) is 9.59 Å². The fourth-order valence-corrected chi connectivity index (χ4v) is 11.7. The van der Waals surface area contributed by atoms with Crippen LogP contribution in [0.3, 0.4) is 0 Å². The Morgan fingerprint density at radius 3 is 0.866 bits per heavy atom. The van der Waals surface area contributed by atoms with Gasteiger partial charge >= 0.3 is 5.97 Å². The molecule has 3 N–H and O–H groups in total. The lowest BCUT2D eigenvalue weighted by Crippen LogP contribution is -2.45. The van der Waals surface area contributed by atoms with Crippen LogP contribution in [0.15, 0.2) is 36.5 Å². The zero-order valence-corrected chi connectivity index (χ0v) is 55.5. The zero-order valence-electron chi connectivity index (χ0n) is 55.5. The summed E-state index contributed by atoms with van der Waals surface area (Å²) >= 11 is 0. The van der Waals surface area contributed by atoms with E-state index in [4.69, 9.17) is 4.74 Å². The number of hydrogen-bond donors (Lipinski definition) is 3. The van der Waals surface area contributed by atoms with Gasteiger partial charge in [0.05, 0.1) is 25.4 Å². The normalized spacial score (nSPS) is 12.7. The van der Waals surface area contributed by atoms with E-state index < -0.39 is 12.1 Å². The number of aliphatic hydroxyl groups excluding tert-OH is 2. The third-order valence-electron chi connectivity index (χ3n) is 17.4. The van der Waals surface area contributed by atoms with Crippen molar-refractivity contribution in [1.29, 1.82) is 0 Å². The Kier molecular flexibility index (Phi) is 69.9. The fraction of sp³-hybridized carbons (Fsp3) is 0.895. The second-order valence-corrected chi connectivity index (χ2v) is 25.6. The number of allylic oxidation sites excluding steroid dienone is 5. The van der Waals surface area contributed by atoms with Crippen LogP contribution < -0.4 is 5.32 Å². The summed E-state index contributed by atoms with van der Waals surface area (Å²) in [5, 5.41) is 23.3. The molecule has 6 nitrogen and oxygen atoms in total. The Labute approximate surface area is 513 Å². The highest BCUT2D eigenvalue weighted by atomic mass is 16.5. The summed E-state index contributed by atoms with van der Waals surface area (Å²) in [7, 11) is 0. The Bertz CT molecular complexity index is 1330. The summed E-state index contributed by atoms with van der Waals surface area (Å²) in [5.74, 6) is -0.0546. The van der Waals surface area contributed by atoms with E-state index in [-0.39, 0.29) is 18.5 Å². The zero-order chi connectivity index (χ0) is 59.2. The van der Waals surface area contributed by atoms with Crippen LogP contribution in [0.5, 0.6) is 0 Å². The van der Waals surface area contributed by atoms with E-state index in [1.54, 1.807) is 6.08 Å². The number of rotatable bonds is 70. The van der Waals surface area contributed by atoms with Crippen molar-refractivity contribution in [3.63, 3.8) is 0 Å². The van der Waals surface area contributed by atoms with Gasteiger partial charge in [-0.25, -0.2) is 0 Å². The first-order valence-electron chi connectivity index (χ1n) is 37.3. The Balaban J connectivity index is 3.41. The highest BCUT2D eigenvalue weighted by molar-refractivity contribution is 5.76. The molecule has 0 aliphatic carbocycles. The van der Waals surface area contributed by atoms with Crippen LogP contribution in [0.4, 0.5) is 0 Å². The molecule has 2 unspecified atom stereocenters. The number of amides is 1. The van der Waals surface area contributed by atoms with E-state index in [2.05, 4.69) is 43.5 Å². The van der Waals surface area contributed by atoms with Crippen LogP contribution in [0, 0.1) is 0 Å². The number of ether oxygens (including phenoxy) is 1. The fourth-order valence-electron chi connectivity index (χ4n) is 11.7. The molecule has 0 spiro atoms. The molecular formula is C76H145NO5. The molecule has 0 aliphatic heterocycles. The summed E-state index contributed by atoms with van der Waals surface area (Å²) in [6.07, 6.45) is 92.3. The van der Waals surface area contributed by atoms with E-state index in [0.29, 0.717) is 19.4 Å². The number of carbonyl (C=O) groups is 2. The monoisotopic (exact) mass is 1150 g/mol. The quantitative estimate of drug-likeness (QED) is 0.0320. The molecule has 6 heteroatoms. The van der Waals surface area contributed by atoms with Crippen LogP contribution in [0.1, 0.15) is 412 Å². The molecule has 1 amide bonds. The van der Waals surface area contributed by atoms with Crippen LogP contribution in [0.2, 0.25) is 0 Å². The van der Waals surface area contributed by atoms with Gasteiger partial charge in [0.15, 0.2) is 0 Å². The average molecular weight is 1150 g/mol. The van der Waals surface area contributed by atoms with Gasteiger partial charge in [0, 0.05) is 12.8 Å². The molecule has 0 rings (SSSR count). The van der Waals surface area contributed by atoms with Crippen LogP contribution in [0.25, 0.3) is 0 Å². The number of hydrogen-bond acceptors (Lipinski definition) is 5. The lowest BCUT2D eigenvalue weighted by atomic mass is 10.0. The van der Waals surface area contributed by atoms with Crippen LogP contribution in [-0.2, 0) is 14.3 Å². The Morgan fingerprint density at radius 2 is 0.573 bits per heavy atom. The van der Waals surface area contributed by atoms with E-state index in [1.165, 1.54) is 340 Å². The number of esters is 1. The van der Waals surface area contributed by atoms with Gasteiger partial charge in [-0.1, -0.05) is 352 Å². The van der Waals surface area contributed by atoms with Gasteiger partial charge in [0.25, 0.3) is 0 Å². The van der Waals surface area contributed by atoms with Crippen molar-refractivity contribution in [1.82, 2.24) is 5.32 Å². The smallest absolute Gasteiger partial charge is 0.305 e. The summed E-state index contributed by atoms with van der Waals surface area (Å²) in [6, 6.07) is -0.631. The molecule has 0 radical (unpaired) electrons. The number of nitrogens with one attached hydrogen (secondary N) is 1. The second-order valence-electron chi connectivity index (χ2n) is 25.6. The molecule has 0 aliphatic rings. The first-order chi connectivity index (χ1) is 40.5. The molecule has 0 aromatic rings. The number of carbonyl (C=O) groups excluding carboxylic acids is 2. The highest BCUT2D eigenvalue weighted by Crippen LogP contribution is 2.19. The molecule has 0 bridgehead atoms. The van der Waals surface area contributed by atoms with Gasteiger partial charge in [-0.2, -0.15) is 0 Å². The average Bonchev–Trinajstić information content (AvgIpc) is 3.48. The van der Waals surface area contributed by atoms with E-state index in [1.807, 2.05) is 6.08 Å². The van der Waals surface area contributed by atoms with Crippen molar-refractivity contribution in [2.75, 3.05) is 13.2 Å². The summed E-state index contributed by atoms with van der Waals surface area (Å²) in [4.78, 5) is 24.6. The van der Waals surface area contributed by atoms with E-state index in [0.717, 1.165) is 44.9 Å². The SMILES string of the molecule is CCCCCCCC/C=C\CCCCCCCCCC(=O)OCCCCCCCCCCCCCC/C=C\CCCCCCCCCCCCC(=O)NC(CO)C(O)/C=C/CCCCCCCCCCCCCCCCCCCCCC. The maximum absolute atomic E-state index is 12.5. The molecule has 0 aromatic heterocycles. The largest absolute Gasteiger partial charge is 0.466 e. The second kappa shape index (κ2) is 71.6. The predicted octanol–water partition coefficient (Wildman–Crippen LogP) is 24.3. The lowest BCUT2D eigenvalue weighted by molar-refractivity contribution is -0.143. The third kappa shape index (κ3) is 67.2. The van der Waals surface area contributed by atoms with E-state index in [9.17, 15) is 19.8 Å². The van der Waals surface area contributed by atoms with Crippen molar-refractivity contribution in [2.24, 2.45) is 0 Å². The Hall–Kier alpha value is -1.92. The van der Waals surface area contributed by atoms with Crippen molar-refractivity contribution in [3.8, 4) is 0 Å². The molecule has 0 aromatic carbocycles. The maximum atomic E-state index is 12.5. The molecule has 0 heterocycles. The van der Waals surface area contributed by atoms with E-state index >= 15 is 0 Å². The first-order valence-corrected chi connectivity index (χ1v) is 37.3. The first kappa shape index (κ1) is 80.1. The molecule has 484 valence electrons. The van der Waals surface area contributed by atoms with Crippen molar-refractivity contribution >= 4 is 11.9 Å². The van der Waals surface area contributed by atoms with Crippen molar-refractivity contribution in [2.45, 2.75) is 424 Å². The van der Waals surface area contributed by atoms with Gasteiger partial charge in [0.2, 0.25) is 5.91 Å². The molecule has 82 heavy (non-hydrogen) atoms. The third-order valence-corrected chi connectivity index (χ3v) is 17.4. The summed E-state index contributed by atoms with van der Waals surface area (Å²) in [5.41, 5.74) is 0. The van der Waals surface area contributed by atoms with Gasteiger partial charge < -0.3 is 20.3 Å². The minimum Gasteiger partial charge on any atom is -0.466 e. The summed E-state index contributed by atoms with van der Waals surface area (Å²) in [6.45, 7) is 4.94. The van der Waals surface area contributed by atoms with Crippen LogP contribution in [-0.4, -0.2) is 47.4 Å². The maximum Gasteiger partial charge on any atom is 0.305 e. The van der Waals surface area contributed by atoms with Gasteiger partial charge in [0.1, 0.15) is 0 Å². The summed E-state index contributed by atoms with van der Waals surface area (Å²) < 4.78 is 5.50. The van der Waals surface area contributed by atoms with Gasteiger partial charge in [-0.05, 0) is 83.5 Å². The molecule has 2 atom stereocenters. The number of unbranched alkanes of at least 4 members (excludes halogenated alkanes) is 55. The number of aliphatic hydroxyl groups is 2. The molecule has 0 saturated carbocycles. The standard InChI is InChI=1S/C76H145NO5/c1-3-5-7-9-11-13-15-17-19-21-22-23-30-33-37-40-44-48-52-56-60-64-68-74(79)73(72-78)77-75(80)69-65-61-57-53-49-45-41-38-34-31-28-26-24-25-27-29-32-35-39-43-47-51-55-59-63-67-71-82-76(81)70-66-62-58-54-50-46-42-36-20-18-16-14-12-10-8-6-4-2/h18,20,24,26,64,68,73-74,78-79H,3-17,19,21-23,25,27-63,65-67,69-72H2,1-2H3,(H,77,80)/b20-18-,26-24-,68-64+. The topological polar surface area (TPSA) is 95.9 Å². The molecular weight excluding hydrogens is 1010 g/mol. The highest BCUT2D eigenvalue weighted by Gasteiger charge is 2.18. The lowest BCUT2D eigenvalue weighted by Gasteiger charge is -2.20. The molecule has 0 fully saturated rings.